The van der Waals surface area contributed by atoms with E-state index in [-0.39, 0.29) is 24.0 Å². The summed E-state index contributed by atoms with van der Waals surface area (Å²) in [5.41, 5.74) is 2.67. The molecule has 1 saturated carbocycles. The molecule has 1 aromatic heterocycles. The molecule has 0 spiro atoms. The fourth-order valence-corrected chi connectivity index (χ4v) is 5.81. The number of carbonyl (C=O) groups excluding carboxylic acids is 1. The van der Waals surface area contributed by atoms with Gasteiger partial charge in [-0.1, -0.05) is 6.07 Å². The maximum absolute atomic E-state index is 12.1. The van der Waals surface area contributed by atoms with Crippen molar-refractivity contribution in [2.24, 2.45) is 0 Å². The summed E-state index contributed by atoms with van der Waals surface area (Å²) in [6.07, 6.45) is 3.60. The van der Waals surface area contributed by atoms with Gasteiger partial charge in [-0.15, -0.1) is 0 Å². The Balaban J connectivity index is 1.36. The number of rotatable bonds is 5. The number of hydrogen-bond donors (Lipinski definition) is 3. The number of benzene rings is 1. The van der Waals surface area contributed by atoms with Crippen molar-refractivity contribution < 1.29 is 17.9 Å². The van der Waals surface area contributed by atoms with Gasteiger partial charge >= 0.3 is 6.09 Å². The van der Waals surface area contributed by atoms with Crippen LogP contribution in [0.1, 0.15) is 56.7 Å². The topological polar surface area (TPSA) is 113 Å². The quantitative estimate of drug-likeness (QED) is 0.665. The van der Waals surface area contributed by atoms with Crippen molar-refractivity contribution in [1.82, 2.24) is 15.5 Å². The van der Waals surface area contributed by atoms with E-state index >= 15 is 0 Å². The Morgan fingerprint density at radius 3 is 2.73 bits per heavy atom. The van der Waals surface area contributed by atoms with Crippen molar-refractivity contribution in [3.8, 4) is 0 Å². The SMILES string of the molecule is CC(C)NC(=O)OC1CCC(c2cc(Nc3cccc4c3CCS4(=O)=O)n[nH]2)CC1. The lowest BCUT2D eigenvalue weighted by atomic mass is 9.85. The summed E-state index contributed by atoms with van der Waals surface area (Å²) in [4.78, 5) is 12.2. The van der Waals surface area contributed by atoms with E-state index in [2.05, 4.69) is 20.8 Å². The molecule has 0 radical (unpaired) electrons. The molecule has 30 heavy (non-hydrogen) atoms. The molecule has 4 rings (SSSR count). The van der Waals surface area contributed by atoms with Gasteiger partial charge in [0.05, 0.1) is 10.6 Å². The first-order valence-electron chi connectivity index (χ1n) is 10.5. The van der Waals surface area contributed by atoms with Crippen LogP contribution in [-0.2, 0) is 21.0 Å². The summed E-state index contributed by atoms with van der Waals surface area (Å²) in [5.74, 6) is 1.17. The molecule has 3 N–H and O–H groups in total. The highest BCUT2D eigenvalue weighted by molar-refractivity contribution is 7.91. The van der Waals surface area contributed by atoms with Crippen LogP contribution in [0, 0.1) is 0 Å². The second-order valence-electron chi connectivity index (χ2n) is 8.36. The predicted octanol–water partition coefficient (Wildman–Crippen LogP) is 3.64. The molecule has 2 heterocycles. The molecule has 1 fully saturated rings. The van der Waals surface area contributed by atoms with Crippen molar-refractivity contribution in [3.63, 3.8) is 0 Å². The van der Waals surface area contributed by atoms with Crippen LogP contribution in [0.15, 0.2) is 29.2 Å². The number of anilines is 2. The van der Waals surface area contributed by atoms with Gasteiger partial charge < -0.3 is 15.4 Å². The zero-order valence-electron chi connectivity index (χ0n) is 17.3. The summed E-state index contributed by atoms with van der Waals surface area (Å²) in [5, 5.41) is 13.5. The van der Waals surface area contributed by atoms with Gasteiger partial charge in [0.25, 0.3) is 0 Å². The third-order valence-electron chi connectivity index (χ3n) is 5.74. The van der Waals surface area contributed by atoms with Gasteiger partial charge in [-0.05, 0) is 63.6 Å². The zero-order chi connectivity index (χ0) is 21.3. The first-order chi connectivity index (χ1) is 14.3. The molecular formula is C21H28N4O4S. The molecule has 162 valence electrons. The minimum Gasteiger partial charge on any atom is -0.446 e. The van der Waals surface area contributed by atoms with Gasteiger partial charge in [0.2, 0.25) is 0 Å². The Morgan fingerprint density at radius 1 is 1.23 bits per heavy atom. The Morgan fingerprint density at radius 2 is 2.00 bits per heavy atom. The molecule has 0 bridgehead atoms. The Kier molecular flexibility index (Phi) is 5.73. The molecule has 0 atom stereocenters. The maximum Gasteiger partial charge on any atom is 0.407 e. The first kappa shape index (κ1) is 20.7. The van der Waals surface area contributed by atoms with E-state index in [9.17, 15) is 13.2 Å². The van der Waals surface area contributed by atoms with Gasteiger partial charge in [-0.2, -0.15) is 5.10 Å². The number of hydrogen-bond acceptors (Lipinski definition) is 6. The third kappa shape index (κ3) is 4.45. The first-order valence-corrected chi connectivity index (χ1v) is 12.1. The normalized spacial score (nSPS) is 22.5. The summed E-state index contributed by atoms with van der Waals surface area (Å²) >= 11 is 0. The molecule has 0 unspecified atom stereocenters. The second-order valence-corrected chi connectivity index (χ2v) is 10.4. The van der Waals surface area contributed by atoms with Gasteiger partial charge in [0.15, 0.2) is 15.7 Å². The minimum atomic E-state index is -3.16. The standard InChI is InChI=1S/C21H28N4O4S/c1-13(2)22-21(26)29-15-8-6-14(7-9-15)18-12-20(25-24-18)23-17-4-3-5-19-16(17)10-11-30(19,27)28/h3-5,12-15H,6-11H2,1-2H3,(H,22,26)(H2,23,24,25). The minimum absolute atomic E-state index is 0.0469. The number of alkyl carbamates (subject to hydrolysis) is 1. The smallest absolute Gasteiger partial charge is 0.407 e. The summed E-state index contributed by atoms with van der Waals surface area (Å²) in [6.45, 7) is 3.81. The number of carbonyl (C=O) groups is 1. The fourth-order valence-electron chi connectivity index (χ4n) is 4.24. The molecule has 2 aliphatic rings. The number of ether oxygens (including phenoxy) is 1. The molecule has 2 aromatic rings. The average molecular weight is 433 g/mol. The molecular weight excluding hydrogens is 404 g/mol. The Hall–Kier alpha value is -2.55. The van der Waals surface area contributed by atoms with Crippen molar-refractivity contribution in [3.05, 3.63) is 35.5 Å². The predicted molar refractivity (Wildman–Crippen MR) is 114 cm³/mol. The third-order valence-corrected chi connectivity index (χ3v) is 7.54. The number of nitrogens with one attached hydrogen (secondary N) is 3. The van der Waals surface area contributed by atoms with E-state index in [4.69, 9.17) is 4.74 Å². The second kappa shape index (κ2) is 8.29. The van der Waals surface area contributed by atoms with Crippen LogP contribution in [0.3, 0.4) is 0 Å². The molecule has 1 aliphatic heterocycles. The van der Waals surface area contributed by atoms with Crippen molar-refractivity contribution in [1.29, 1.82) is 0 Å². The maximum atomic E-state index is 12.1. The van der Waals surface area contributed by atoms with Crippen LogP contribution in [-0.4, -0.2) is 42.6 Å². The van der Waals surface area contributed by atoms with E-state index in [1.165, 1.54) is 0 Å². The average Bonchev–Trinajstić information content (AvgIpc) is 3.27. The number of amides is 1. The summed E-state index contributed by atoms with van der Waals surface area (Å²) < 4.78 is 29.8. The highest BCUT2D eigenvalue weighted by atomic mass is 32.2. The molecule has 1 aromatic carbocycles. The van der Waals surface area contributed by atoms with Gasteiger partial charge in [-0.3, -0.25) is 5.10 Å². The van der Waals surface area contributed by atoms with Crippen LogP contribution < -0.4 is 10.6 Å². The highest BCUT2D eigenvalue weighted by Crippen LogP contribution is 2.36. The van der Waals surface area contributed by atoms with Crippen molar-refractivity contribution in [2.75, 3.05) is 11.1 Å². The Labute approximate surface area is 176 Å². The van der Waals surface area contributed by atoms with E-state index in [0.29, 0.717) is 23.1 Å². The monoisotopic (exact) mass is 432 g/mol. The zero-order valence-corrected chi connectivity index (χ0v) is 18.1. The molecule has 1 aliphatic carbocycles. The van der Waals surface area contributed by atoms with Crippen LogP contribution in [0.4, 0.5) is 16.3 Å². The summed E-state index contributed by atoms with van der Waals surface area (Å²) in [7, 11) is -3.16. The molecule has 9 heteroatoms. The molecule has 0 saturated heterocycles. The molecule has 1 amide bonds. The summed E-state index contributed by atoms with van der Waals surface area (Å²) in [6, 6.07) is 7.37. The van der Waals surface area contributed by atoms with E-state index in [1.807, 2.05) is 26.0 Å². The van der Waals surface area contributed by atoms with E-state index in [1.54, 1.807) is 12.1 Å². The van der Waals surface area contributed by atoms with Gasteiger partial charge in [0.1, 0.15) is 6.10 Å². The van der Waals surface area contributed by atoms with Gasteiger partial charge in [0, 0.05) is 29.4 Å². The van der Waals surface area contributed by atoms with Crippen LogP contribution >= 0.6 is 0 Å². The number of fused-ring (bicyclic) bond motifs is 1. The van der Waals surface area contributed by atoms with Crippen LogP contribution in [0.5, 0.6) is 0 Å². The molecule has 8 nitrogen and oxygen atoms in total. The van der Waals surface area contributed by atoms with Crippen molar-refractivity contribution in [2.45, 2.75) is 68.9 Å². The largest absolute Gasteiger partial charge is 0.446 e. The van der Waals surface area contributed by atoms with Crippen LogP contribution in [0.25, 0.3) is 0 Å². The number of sulfone groups is 1. The number of H-pyrrole nitrogens is 1. The van der Waals surface area contributed by atoms with Crippen LogP contribution in [0.2, 0.25) is 0 Å². The van der Waals surface area contributed by atoms with Gasteiger partial charge in [-0.25, -0.2) is 13.2 Å². The lowest BCUT2D eigenvalue weighted by Gasteiger charge is -2.27. The number of nitrogens with zero attached hydrogens (tertiary/aromatic N) is 1. The lowest BCUT2D eigenvalue weighted by Crippen LogP contribution is -2.34. The number of aromatic amines is 1. The van der Waals surface area contributed by atoms with Crippen molar-refractivity contribution >= 4 is 27.4 Å². The number of aromatic nitrogens is 2. The van der Waals surface area contributed by atoms with E-state index < -0.39 is 9.84 Å². The lowest BCUT2D eigenvalue weighted by molar-refractivity contribution is 0.0697. The van der Waals surface area contributed by atoms with E-state index in [0.717, 1.165) is 42.6 Å². The Bertz CT molecular complexity index is 1020. The fraction of sp³-hybridized carbons (Fsp3) is 0.524. The highest BCUT2D eigenvalue weighted by Gasteiger charge is 2.29.